The minimum Gasteiger partial charge on any atom is -0.492 e. The van der Waals surface area contributed by atoms with Crippen molar-refractivity contribution >= 4 is 11.8 Å². The number of urea groups is 1. The van der Waals surface area contributed by atoms with Gasteiger partial charge in [-0.3, -0.25) is 0 Å². The van der Waals surface area contributed by atoms with Crippen LogP contribution in [-0.4, -0.2) is 55.2 Å². The first-order valence-electron chi connectivity index (χ1n) is 9.17. The van der Waals surface area contributed by atoms with E-state index in [1.807, 2.05) is 35.2 Å². The average Bonchev–Trinajstić information content (AvgIpc) is 2.72. The van der Waals surface area contributed by atoms with Crippen LogP contribution in [0.3, 0.4) is 0 Å². The van der Waals surface area contributed by atoms with Crippen molar-refractivity contribution in [2.45, 2.75) is 13.3 Å². The molecule has 0 bridgehead atoms. The van der Waals surface area contributed by atoms with E-state index in [1.54, 1.807) is 6.20 Å². The number of carbonyl (C=O) groups is 1. The first kappa shape index (κ1) is 18.0. The lowest BCUT2D eigenvalue weighted by molar-refractivity contribution is 0.191. The van der Waals surface area contributed by atoms with Crippen LogP contribution >= 0.6 is 0 Å². The van der Waals surface area contributed by atoms with E-state index in [2.05, 4.69) is 34.3 Å². The van der Waals surface area contributed by atoms with Crippen molar-refractivity contribution in [3.63, 3.8) is 0 Å². The highest BCUT2D eigenvalue weighted by atomic mass is 16.5. The molecule has 3 rings (SSSR count). The SMILES string of the molecule is CCc1ccc(OCCNC(=O)N2CCN(c3ccccn3)CC2)cc1. The number of benzene rings is 1. The zero-order valence-corrected chi connectivity index (χ0v) is 15.2. The monoisotopic (exact) mass is 354 g/mol. The molecular formula is C20H26N4O2. The van der Waals surface area contributed by atoms with Gasteiger partial charge in [0.15, 0.2) is 0 Å². The fraction of sp³-hybridized carbons (Fsp3) is 0.400. The molecule has 1 fully saturated rings. The predicted molar refractivity (Wildman–Crippen MR) is 103 cm³/mol. The van der Waals surface area contributed by atoms with Crippen molar-refractivity contribution in [1.82, 2.24) is 15.2 Å². The van der Waals surface area contributed by atoms with Crippen LogP contribution in [0.25, 0.3) is 0 Å². The Labute approximate surface area is 154 Å². The molecular weight excluding hydrogens is 328 g/mol. The summed E-state index contributed by atoms with van der Waals surface area (Å²) in [5, 5.41) is 2.93. The number of amides is 2. The van der Waals surface area contributed by atoms with Crippen molar-refractivity contribution in [3.8, 4) is 5.75 Å². The van der Waals surface area contributed by atoms with Gasteiger partial charge < -0.3 is 19.9 Å². The summed E-state index contributed by atoms with van der Waals surface area (Å²) in [6.07, 6.45) is 2.81. The van der Waals surface area contributed by atoms with Gasteiger partial charge in [0, 0.05) is 32.4 Å². The molecule has 1 aromatic carbocycles. The maximum Gasteiger partial charge on any atom is 0.317 e. The number of anilines is 1. The van der Waals surface area contributed by atoms with Gasteiger partial charge >= 0.3 is 6.03 Å². The van der Waals surface area contributed by atoms with E-state index in [4.69, 9.17) is 4.74 Å². The van der Waals surface area contributed by atoms with Gasteiger partial charge in [0.25, 0.3) is 0 Å². The van der Waals surface area contributed by atoms with Gasteiger partial charge in [-0.25, -0.2) is 9.78 Å². The number of hydrogen-bond acceptors (Lipinski definition) is 4. The lowest BCUT2D eigenvalue weighted by Gasteiger charge is -2.35. The van der Waals surface area contributed by atoms with Crippen molar-refractivity contribution in [3.05, 3.63) is 54.2 Å². The Morgan fingerprint density at radius 1 is 1.12 bits per heavy atom. The number of piperazine rings is 1. The summed E-state index contributed by atoms with van der Waals surface area (Å²) < 4.78 is 5.67. The summed E-state index contributed by atoms with van der Waals surface area (Å²) in [5.74, 6) is 1.80. The molecule has 138 valence electrons. The van der Waals surface area contributed by atoms with Crippen molar-refractivity contribution in [1.29, 1.82) is 0 Å². The van der Waals surface area contributed by atoms with Gasteiger partial charge in [-0.2, -0.15) is 0 Å². The Hall–Kier alpha value is -2.76. The topological polar surface area (TPSA) is 57.7 Å². The third kappa shape index (κ3) is 4.88. The predicted octanol–water partition coefficient (Wildman–Crippen LogP) is 2.55. The largest absolute Gasteiger partial charge is 0.492 e. The number of nitrogens with one attached hydrogen (secondary N) is 1. The summed E-state index contributed by atoms with van der Waals surface area (Å²) in [6, 6.07) is 13.9. The molecule has 1 aliphatic heterocycles. The Balaban J connectivity index is 1.35. The summed E-state index contributed by atoms with van der Waals surface area (Å²) >= 11 is 0. The molecule has 0 aliphatic carbocycles. The molecule has 2 heterocycles. The van der Waals surface area contributed by atoms with Crippen LogP contribution in [0.5, 0.6) is 5.75 Å². The maximum absolute atomic E-state index is 12.3. The fourth-order valence-electron chi connectivity index (χ4n) is 2.94. The highest BCUT2D eigenvalue weighted by Gasteiger charge is 2.21. The second-order valence-electron chi connectivity index (χ2n) is 6.24. The zero-order valence-electron chi connectivity index (χ0n) is 15.2. The van der Waals surface area contributed by atoms with E-state index in [0.29, 0.717) is 26.2 Å². The van der Waals surface area contributed by atoms with E-state index < -0.39 is 0 Å². The van der Waals surface area contributed by atoms with Crippen LogP contribution in [0.2, 0.25) is 0 Å². The fourth-order valence-corrected chi connectivity index (χ4v) is 2.94. The third-order valence-corrected chi connectivity index (χ3v) is 4.52. The Bertz CT molecular complexity index is 683. The van der Waals surface area contributed by atoms with Crippen LogP contribution in [0, 0.1) is 0 Å². The highest BCUT2D eigenvalue weighted by molar-refractivity contribution is 5.74. The molecule has 1 aliphatic rings. The van der Waals surface area contributed by atoms with Gasteiger partial charge in [0.2, 0.25) is 0 Å². The van der Waals surface area contributed by atoms with Gasteiger partial charge in [0.1, 0.15) is 18.2 Å². The molecule has 2 aromatic rings. The molecule has 0 spiro atoms. The molecule has 0 atom stereocenters. The minimum absolute atomic E-state index is 0.0319. The van der Waals surface area contributed by atoms with E-state index >= 15 is 0 Å². The van der Waals surface area contributed by atoms with E-state index in [9.17, 15) is 4.79 Å². The summed E-state index contributed by atoms with van der Waals surface area (Å²) in [5.41, 5.74) is 1.29. The molecule has 6 nitrogen and oxygen atoms in total. The highest BCUT2D eigenvalue weighted by Crippen LogP contribution is 2.13. The van der Waals surface area contributed by atoms with Crippen LogP contribution < -0.4 is 15.0 Å². The van der Waals surface area contributed by atoms with E-state index in [1.165, 1.54) is 5.56 Å². The number of pyridine rings is 1. The second-order valence-corrected chi connectivity index (χ2v) is 6.24. The standard InChI is InChI=1S/C20H26N4O2/c1-2-17-6-8-18(9-7-17)26-16-11-22-20(25)24-14-12-23(13-15-24)19-5-3-4-10-21-19/h3-10H,2,11-16H2,1H3,(H,22,25). The smallest absolute Gasteiger partial charge is 0.317 e. The second kappa shape index (κ2) is 9.08. The summed E-state index contributed by atoms with van der Waals surface area (Å²) in [7, 11) is 0. The molecule has 1 N–H and O–H groups in total. The molecule has 1 aromatic heterocycles. The lowest BCUT2D eigenvalue weighted by atomic mass is 10.2. The normalized spacial score (nSPS) is 14.2. The van der Waals surface area contributed by atoms with Crippen molar-refractivity contribution < 1.29 is 9.53 Å². The quantitative estimate of drug-likeness (QED) is 0.810. The Morgan fingerprint density at radius 2 is 1.88 bits per heavy atom. The molecule has 0 saturated carbocycles. The molecule has 1 saturated heterocycles. The Morgan fingerprint density at radius 3 is 2.54 bits per heavy atom. The minimum atomic E-state index is -0.0319. The van der Waals surface area contributed by atoms with Crippen molar-refractivity contribution in [2.24, 2.45) is 0 Å². The third-order valence-electron chi connectivity index (χ3n) is 4.52. The number of rotatable bonds is 6. The number of hydrogen-bond donors (Lipinski definition) is 1. The number of ether oxygens (including phenoxy) is 1. The van der Waals surface area contributed by atoms with Gasteiger partial charge in [0.05, 0.1) is 6.54 Å². The first-order valence-corrected chi connectivity index (χ1v) is 9.17. The lowest BCUT2D eigenvalue weighted by Crippen LogP contribution is -2.52. The van der Waals surface area contributed by atoms with E-state index in [-0.39, 0.29) is 6.03 Å². The summed E-state index contributed by atoms with van der Waals surface area (Å²) in [4.78, 5) is 20.7. The molecule has 2 amide bonds. The summed E-state index contributed by atoms with van der Waals surface area (Å²) in [6.45, 7) is 6.07. The van der Waals surface area contributed by atoms with Crippen LogP contribution in [0.4, 0.5) is 10.6 Å². The Kier molecular flexibility index (Phi) is 6.30. The number of carbonyl (C=O) groups excluding carboxylic acids is 1. The molecule has 0 radical (unpaired) electrons. The van der Waals surface area contributed by atoms with Crippen LogP contribution in [0.15, 0.2) is 48.7 Å². The average molecular weight is 354 g/mol. The van der Waals surface area contributed by atoms with Gasteiger partial charge in [-0.05, 0) is 36.2 Å². The molecule has 6 heteroatoms. The van der Waals surface area contributed by atoms with Gasteiger partial charge in [-0.1, -0.05) is 25.1 Å². The zero-order chi connectivity index (χ0) is 18.2. The number of aromatic nitrogens is 1. The van der Waals surface area contributed by atoms with Gasteiger partial charge in [-0.15, -0.1) is 0 Å². The number of nitrogens with zero attached hydrogens (tertiary/aromatic N) is 3. The number of aryl methyl sites for hydroxylation is 1. The molecule has 26 heavy (non-hydrogen) atoms. The molecule has 0 unspecified atom stereocenters. The first-order chi connectivity index (χ1) is 12.8. The van der Waals surface area contributed by atoms with E-state index in [0.717, 1.165) is 31.1 Å². The van der Waals surface area contributed by atoms with Crippen LogP contribution in [0.1, 0.15) is 12.5 Å². The van der Waals surface area contributed by atoms with Crippen LogP contribution in [-0.2, 0) is 6.42 Å². The maximum atomic E-state index is 12.3. The van der Waals surface area contributed by atoms with Crippen molar-refractivity contribution in [2.75, 3.05) is 44.2 Å².